The molecule has 2 N–H and O–H groups in total. The van der Waals surface area contributed by atoms with Crippen LogP contribution in [-0.4, -0.2) is 49.0 Å². The summed E-state index contributed by atoms with van der Waals surface area (Å²) >= 11 is 7.02. The smallest absolute Gasteiger partial charge is 0.141 e. The van der Waals surface area contributed by atoms with E-state index < -0.39 is 6.17 Å². The van der Waals surface area contributed by atoms with Crippen molar-refractivity contribution in [3.05, 3.63) is 107 Å². The van der Waals surface area contributed by atoms with Crippen LogP contribution in [0.25, 0.3) is 0 Å². The highest BCUT2D eigenvalue weighted by Gasteiger charge is 2.34. The van der Waals surface area contributed by atoms with Crippen LogP contribution in [0.4, 0.5) is 8.78 Å². The highest BCUT2D eigenvalue weighted by molar-refractivity contribution is 8.03. The first kappa shape index (κ1) is 37.1. The van der Waals surface area contributed by atoms with Crippen LogP contribution in [0, 0.1) is 11.7 Å². The maximum absolute atomic E-state index is 13.1. The van der Waals surface area contributed by atoms with Gasteiger partial charge in [-0.25, -0.2) is 8.78 Å². The lowest BCUT2D eigenvalue weighted by atomic mass is 9.99. The second kappa shape index (κ2) is 21.9. The standard InChI is InChI=1S/C21H29FN4S.C6H4ClF.C3H6.C2H6/c1-15(7-5-8-16(2)22)19-13-25-21(17(3)27-4)26-14-18(11-20(19)26)12-24-10-6-9-23;7-5-2-1-3-6(8)4-5;1-3-2;1-2/h5-7,9-10,16,18H,1,3,8,11-14,23H2,2,4H3;1-4H;3H,1H2,2H3;1-2H3/b7-5-,9-6-,24-10?;;;. The van der Waals surface area contributed by atoms with E-state index in [0.29, 0.717) is 23.9 Å². The van der Waals surface area contributed by atoms with Crippen molar-refractivity contribution in [2.45, 2.75) is 46.7 Å². The van der Waals surface area contributed by atoms with Crippen LogP contribution in [0.2, 0.25) is 5.02 Å². The molecule has 3 rings (SSSR count). The molecule has 2 aliphatic rings. The number of hydrogen-bond acceptors (Lipinski definition) is 5. The van der Waals surface area contributed by atoms with Crippen LogP contribution in [0.15, 0.2) is 106 Å². The molecule has 1 saturated heterocycles. The third kappa shape index (κ3) is 13.9. The number of benzene rings is 1. The van der Waals surface area contributed by atoms with Gasteiger partial charge in [-0.2, -0.15) is 0 Å². The minimum atomic E-state index is -0.847. The van der Waals surface area contributed by atoms with Gasteiger partial charge in [0.1, 0.15) is 17.8 Å². The molecule has 1 fully saturated rings. The lowest BCUT2D eigenvalue weighted by Gasteiger charge is -2.29. The molecule has 1 aromatic carbocycles. The molecule has 8 heteroatoms. The summed E-state index contributed by atoms with van der Waals surface area (Å²) in [7, 11) is 0. The summed E-state index contributed by atoms with van der Waals surface area (Å²) < 4.78 is 25.1. The number of nitrogens with zero attached hydrogens (tertiary/aromatic N) is 3. The Morgan fingerprint density at radius 2 is 2.02 bits per heavy atom. The molecular formula is C32H45ClF2N4S. The summed E-state index contributed by atoms with van der Waals surface area (Å²) in [4.78, 5) is 12.4. The van der Waals surface area contributed by atoms with Crippen molar-refractivity contribution in [1.82, 2.24) is 4.90 Å². The van der Waals surface area contributed by atoms with Crippen LogP contribution in [0.5, 0.6) is 0 Å². The summed E-state index contributed by atoms with van der Waals surface area (Å²) in [6.07, 6.45) is 12.9. The Balaban J connectivity index is 0.000000969. The van der Waals surface area contributed by atoms with Crippen molar-refractivity contribution < 1.29 is 8.78 Å². The summed E-state index contributed by atoms with van der Waals surface area (Å²) in [6, 6.07) is 5.82. The van der Waals surface area contributed by atoms with E-state index in [1.807, 2.05) is 39.2 Å². The van der Waals surface area contributed by atoms with Crippen molar-refractivity contribution >= 4 is 35.4 Å². The topological polar surface area (TPSA) is 54.0 Å². The molecule has 0 saturated carbocycles. The fourth-order valence-electron chi connectivity index (χ4n) is 3.67. The van der Waals surface area contributed by atoms with Crippen LogP contribution in [0.3, 0.4) is 0 Å². The molecule has 0 aliphatic carbocycles. The molecule has 0 amide bonds. The molecule has 4 nitrogen and oxygen atoms in total. The van der Waals surface area contributed by atoms with Gasteiger partial charge in [0.05, 0.1) is 6.54 Å². The van der Waals surface area contributed by atoms with Crippen molar-refractivity contribution in [1.29, 1.82) is 0 Å². The summed E-state index contributed by atoms with van der Waals surface area (Å²) in [5.74, 6) is 1.05. The minimum Gasteiger partial charge on any atom is -0.405 e. The van der Waals surface area contributed by atoms with E-state index in [1.54, 1.807) is 49.2 Å². The van der Waals surface area contributed by atoms with E-state index in [9.17, 15) is 8.78 Å². The van der Waals surface area contributed by atoms with Gasteiger partial charge in [-0.15, -0.1) is 18.3 Å². The van der Waals surface area contributed by atoms with E-state index in [1.165, 1.54) is 24.0 Å². The molecule has 2 atom stereocenters. The normalized spacial score (nSPS) is 16.8. The van der Waals surface area contributed by atoms with Gasteiger partial charge >= 0.3 is 0 Å². The van der Waals surface area contributed by atoms with Crippen molar-refractivity contribution in [3.63, 3.8) is 0 Å². The van der Waals surface area contributed by atoms with Crippen molar-refractivity contribution in [3.8, 4) is 0 Å². The first-order chi connectivity index (χ1) is 19.2. The molecule has 2 heterocycles. The predicted molar refractivity (Wildman–Crippen MR) is 176 cm³/mol. The average molecular weight is 591 g/mol. The zero-order chi connectivity index (χ0) is 30.5. The molecule has 2 unspecified atom stereocenters. The Morgan fingerprint density at radius 1 is 1.35 bits per heavy atom. The first-order valence-corrected chi connectivity index (χ1v) is 14.9. The third-order valence-corrected chi connectivity index (χ3v) is 6.27. The number of halogens is 3. The van der Waals surface area contributed by atoms with Gasteiger partial charge < -0.3 is 10.6 Å². The molecule has 220 valence electrons. The number of hydrogen-bond donors (Lipinski definition) is 1. The second-order valence-corrected chi connectivity index (χ2v) is 9.90. The predicted octanol–water partition coefficient (Wildman–Crippen LogP) is 8.95. The molecule has 0 aromatic heterocycles. The first-order valence-electron chi connectivity index (χ1n) is 13.3. The number of alkyl halides is 1. The summed E-state index contributed by atoms with van der Waals surface area (Å²) in [5, 5.41) is 0.435. The van der Waals surface area contributed by atoms with Crippen LogP contribution < -0.4 is 5.73 Å². The monoisotopic (exact) mass is 590 g/mol. The molecular weight excluding hydrogens is 546 g/mol. The van der Waals surface area contributed by atoms with Crippen molar-refractivity contribution in [2.24, 2.45) is 21.6 Å². The summed E-state index contributed by atoms with van der Waals surface area (Å²) in [5.41, 5.74) is 8.62. The van der Waals surface area contributed by atoms with E-state index in [4.69, 9.17) is 22.3 Å². The van der Waals surface area contributed by atoms with Gasteiger partial charge in [0.15, 0.2) is 0 Å². The largest absolute Gasteiger partial charge is 0.405 e. The number of fused-ring (bicyclic) bond motifs is 1. The Labute approximate surface area is 249 Å². The Hall–Kier alpha value is -2.90. The van der Waals surface area contributed by atoms with E-state index in [-0.39, 0.29) is 5.82 Å². The molecule has 0 spiro atoms. The number of allylic oxidation sites excluding steroid dienone is 5. The quantitative estimate of drug-likeness (QED) is 0.177. The summed E-state index contributed by atoms with van der Waals surface area (Å²) in [6.45, 7) is 21.3. The Morgan fingerprint density at radius 3 is 2.55 bits per heavy atom. The Kier molecular flexibility index (Phi) is 20.3. The van der Waals surface area contributed by atoms with E-state index in [2.05, 4.69) is 29.6 Å². The third-order valence-electron chi connectivity index (χ3n) is 5.36. The average Bonchev–Trinajstić information content (AvgIpc) is 3.36. The molecule has 1 aromatic rings. The number of thioether (sulfide) groups is 1. The highest BCUT2D eigenvalue weighted by atomic mass is 35.5. The zero-order valence-corrected chi connectivity index (χ0v) is 26.1. The maximum atomic E-state index is 13.1. The molecule has 0 radical (unpaired) electrons. The number of nitrogens with two attached hydrogens (primary N) is 1. The van der Waals surface area contributed by atoms with Crippen LogP contribution in [-0.2, 0) is 0 Å². The van der Waals surface area contributed by atoms with Crippen molar-refractivity contribution in [2.75, 3.05) is 25.9 Å². The number of amidine groups is 1. The Bertz CT molecular complexity index is 1070. The second-order valence-electron chi connectivity index (χ2n) is 8.56. The molecule has 0 bridgehead atoms. The highest BCUT2D eigenvalue weighted by Crippen LogP contribution is 2.37. The molecule has 40 heavy (non-hydrogen) atoms. The lowest BCUT2D eigenvalue weighted by molar-refractivity contribution is 0.365. The minimum absolute atomic E-state index is 0.294. The van der Waals surface area contributed by atoms with Crippen LogP contribution >= 0.6 is 23.4 Å². The maximum Gasteiger partial charge on any atom is 0.141 e. The van der Waals surface area contributed by atoms with Crippen LogP contribution in [0.1, 0.15) is 40.5 Å². The van der Waals surface area contributed by atoms with E-state index >= 15 is 0 Å². The van der Waals surface area contributed by atoms with Gasteiger partial charge in [-0.1, -0.05) is 62.9 Å². The fraction of sp³-hybridized carbons (Fsp3) is 0.375. The van der Waals surface area contributed by atoms with Gasteiger partial charge in [-0.3, -0.25) is 9.98 Å². The van der Waals surface area contributed by atoms with Gasteiger partial charge in [0.25, 0.3) is 0 Å². The SMILES string of the molecule is C=C(/C=C\CC(C)F)C1=C2CC(CN=C/C=C\N)CN2C(C(=C)SC)=NC1.C=CC.CC.Fc1cccc(Cl)c1. The zero-order valence-electron chi connectivity index (χ0n) is 24.5. The van der Waals surface area contributed by atoms with Gasteiger partial charge in [0.2, 0.25) is 0 Å². The van der Waals surface area contributed by atoms with Gasteiger partial charge in [-0.05, 0) is 74.6 Å². The number of rotatable bonds is 9. The van der Waals surface area contributed by atoms with Gasteiger partial charge in [0, 0.05) is 40.8 Å². The van der Waals surface area contributed by atoms with E-state index in [0.717, 1.165) is 41.4 Å². The fourth-order valence-corrected chi connectivity index (χ4v) is 4.20. The number of aliphatic imine (C=N–C) groups is 2. The molecule has 2 aliphatic heterocycles. The lowest BCUT2D eigenvalue weighted by Crippen LogP contribution is -2.32.